The first-order valence-electron chi connectivity index (χ1n) is 12.7. The third-order valence-corrected chi connectivity index (χ3v) is 10.2. The monoisotopic (exact) mass is 412 g/mol. The van der Waals surface area contributed by atoms with Crippen LogP contribution in [0.1, 0.15) is 92.9 Å². The van der Waals surface area contributed by atoms with Crippen molar-refractivity contribution in [3.05, 3.63) is 23.3 Å². The average Bonchev–Trinajstić information content (AvgIpc) is 2.97. The van der Waals surface area contributed by atoms with Crippen molar-refractivity contribution in [1.82, 2.24) is 0 Å². The molecule has 0 aromatic heterocycles. The molecule has 4 rings (SSSR count). The van der Waals surface area contributed by atoms with Gasteiger partial charge < -0.3 is 5.11 Å². The fourth-order valence-corrected chi connectivity index (χ4v) is 7.81. The van der Waals surface area contributed by atoms with Crippen LogP contribution in [0.4, 0.5) is 0 Å². The number of ketones is 1. The molecule has 168 valence electrons. The van der Waals surface area contributed by atoms with Crippen LogP contribution in [0, 0.1) is 46.3 Å². The molecule has 4 aliphatic rings. The van der Waals surface area contributed by atoms with Gasteiger partial charge in [0.2, 0.25) is 0 Å². The van der Waals surface area contributed by atoms with E-state index >= 15 is 0 Å². The number of aliphatic hydroxyl groups excluding tert-OH is 1. The van der Waals surface area contributed by atoms with E-state index < -0.39 is 0 Å². The van der Waals surface area contributed by atoms with Crippen molar-refractivity contribution in [2.75, 3.05) is 0 Å². The minimum absolute atomic E-state index is 0.0606. The lowest BCUT2D eigenvalue weighted by Crippen LogP contribution is -2.48. The van der Waals surface area contributed by atoms with Gasteiger partial charge in [0.25, 0.3) is 0 Å². The summed E-state index contributed by atoms with van der Waals surface area (Å²) in [6.07, 6.45) is 13.1. The summed E-state index contributed by atoms with van der Waals surface area (Å²) in [5, 5.41) is 10.2. The van der Waals surface area contributed by atoms with Gasteiger partial charge in [0.1, 0.15) is 0 Å². The first kappa shape index (κ1) is 22.3. The van der Waals surface area contributed by atoms with Gasteiger partial charge in [-0.3, -0.25) is 4.79 Å². The van der Waals surface area contributed by atoms with Gasteiger partial charge in [-0.2, -0.15) is 0 Å². The molecule has 0 spiro atoms. The molecular weight excluding hydrogens is 368 g/mol. The number of Topliss-reactive ketones (excluding diaryl/α,β-unsaturated/α-hetero) is 1. The zero-order valence-corrected chi connectivity index (χ0v) is 20.2. The summed E-state index contributed by atoms with van der Waals surface area (Å²) in [5.74, 6) is 3.80. The van der Waals surface area contributed by atoms with Crippen molar-refractivity contribution in [2.24, 2.45) is 46.3 Å². The van der Waals surface area contributed by atoms with Crippen LogP contribution in [-0.4, -0.2) is 17.0 Å². The molecule has 4 aliphatic carbocycles. The Balaban J connectivity index is 1.63. The Bertz CT molecular complexity index is 746. The van der Waals surface area contributed by atoms with Crippen LogP contribution in [0.15, 0.2) is 23.3 Å². The molecule has 0 bridgehead atoms. The molecule has 0 amide bonds. The Kier molecular flexibility index (Phi) is 5.88. The minimum atomic E-state index is -0.107. The summed E-state index contributed by atoms with van der Waals surface area (Å²) in [7, 11) is 0. The topological polar surface area (TPSA) is 37.3 Å². The van der Waals surface area contributed by atoms with Crippen LogP contribution in [0.2, 0.25) is 0 Å². The second-order valence-corrected chi connectivity index (χ2v) is 12.2. The lowest BCUT2D eigenvalue weighted by Gasteiger charge is -2.56. The van der Waals surface area contributed by atoms with Gasteiger partial charge in [-0.05, 0) is 91.3 Å². The van der Waals surface area contributed by atoms with Crippen LogP contribution < -0.4 is 0 Å². The van der Waals surface area contributed by atoms with E-state index in [4.69, 9.17) is 0 Å². The first-order valence-corrected chi connectivity index (χ1v) is 12.7. The molecule has 0 aromatic rings. The summed E-state index contributed by atoms with van der Waals surface area (Å²) in [5.41, 5.74) is 3.15. The molecule has 0 radical (unpaired) electrons. The van der Waals surface area contributed by atoms with Gasteiger partial charge in [-0.25, -0.2) is 0 Å². The maximum atomic E-state index is 13.4. The van der Waals surface area contributed by atoms with E-state index in [1.165, 1.54) is 17.6 Å². The van der Waals surface area contributed by atoms with E-state index in [1.807, 2.05) is 0 Å². The van der Waals surface area contributed by atoms with Crippen LogP contribution in [0.5, 0.6) is 0 Å². The predicted octanol–water partition coefficient (Wildman–Crippen LogP) is 6.73. The molecular formula is C28H44O2. The molecule has 0 heterocycles. The van der Waals surface area contributed by atoms with Crippen molar-refractivity contribution >= 4 is 5.78 Å². The summed E-state index contributed by atoms with van der Waals surface area (Å²) in [6, 6.07) is 0. The number of carbonyl (C=O) groups excluding carboxylic acids is 1. The maximum Gasteiger partial charge on any atom is 0.159 e. The fraction of sp³-hybridized carbons (Fsp3) is 0.821. The van der Waals surface area contributed by atoms with E-state index in [-0.39, 0.29) is 16.9 Å². The number of aliphatic hydroxyl groups is 1. The second kappa shape index (κ2) is 7.91. The van der Waals surface area contributed by atoms with E-state index in [9.17, 15) is 9.90 Å². The highest BCUT2D eigenvalue weighted by atomic mass is 16.3. The Labute approximate surface area is 184 Å². The second-order valence-electron chi connectivity index (χ2n) is 12.2. The zero-order valence-electron chi connectivity index (χ0n) is 20.2. The van der Waals surface area contributed by atoms with Gasteiger partial charge in [0.15, 0.2) is 5.78 Å². The molecule has 8 atom stereocenters. The van der Waals surface area contributed by atoms with Gasteiger partial charge in [0.05, 0.1) is 6.10 Å². The highest BCUT2D eigenvalue weighted by molar-refractivity contribution is 6.00. The van der Waals surface area contributed by atoms with E-state index in [0.717, 1.165) is 44.9 Å². The van der Waals surface area contributed by atoms with Crippen molar-refractivity contribution < 1.29 is 9.90 Å². The molecule has 3 fully saturated rings. The van der Waals surface area contributed by atoms with E-state index in [1.54, 1.807) is 0 Å². The molecule has 3 saturated carbocycles. The fourth-order valence-electron chi connectivity index (χ4n) is 7.81. The lowest BCUT2D eigenvalue weighted by molar-refractivity contribution is -0.115. The largest absolute Gasteiger partial charge is 0.393 e. The Hall–Kier alpha value is -0.890. The quantitative estimate of drug-likeness (QED) is 0.520. The van der Waals surface area contributed by atoms with Crippen molar-refractivity contribution in [1.29, 1.82) is 0 Å². The third kappa shape index (κ3) is 3.46. The summed E-state index contributed by atoms with van der Waals surface area (Å²) >= 11 is 0. The summed E-state index contributed by atoms with van der Waals surface area (Å²) in [6.45, 7) is 14.1. The van der Waals surface area contributed by atoms with Crippen LogP contribution in [0.3, 0.4) is 0 Å². The number of rotatable bonds is 4. The highest BCUT2D eigenvalue weighted by Gasteiger charge is 2.57. The average molecular weight is 413 g/mol. The molecule has 0 saturated heterocycles. The molecule has 2 heteroatoms. The molecule has 0 aromatic carbocycles. The van der Waals surface area contributed by atoms with Crippen LogP contribution in [-0.2, 0) is 4.79 Å². The van der Waals surface area contributed by atoms with Gasteiger partial charge in [-0.15, -0.1) is 0 Å². The number of fused-ring (bicyclic) bond motifs is 4. The van der Waals surface area contributed by atoms with Crippen LogP contribution >= 0.6 is 0 Å². The number of carbonyl (C=O) groups is 1. The Morgan fingerprint density at radius 1 is 1.03 bits per heavy atom. The minimum Gasteiger partial charge on any atom is -0.393 e. The molecule has 2 nitrogen and oxygen atoms in total. The summed E-state index contributed by atoms with van der Waals surface area (Å²) in [4.78, 5) is 13.4. The number of hydrogen-bond donors (Lipinski definition) is 1. The molecule has 1 N–H and O–H groups in total. The highest BCUT2D eigenvalue weighted by Crippen LogP contribution is 2.65. The maximum absolute atomic E-state index is 13.4. The predicted molar refractivity (Wildman–Crippen MR) is 124 cm³/mol. The standard InChI is InChI=1S/C28H44O2/c1-17(2)18(3)7-8-19(4)24-16-25(30)26-22-10-9-20-15-21(29)11-13-27(20,5)23(22)12-14-28(24,26)6/h7-8,17-21,23-24,29H,9-16H2,1-6H3/t18-,19+,20?,21?,23-,24+,27-,28+/m0/s1. The Morgan fingerprint density at radius 2 is 1.77 bits per heavy atom. The van der Waals surface area contributed by atoms with Crippen molar-refractivity contribution in [3.8, 4) is 0 Å². The number of allylic oxidation sites excluding steroid dienone is 4. The SMILES string of the molecule is CC(C)[C@@H](C)C=C[C@@H](C)[C@H]1CC(=O)C2=C3CCC4CC(O)CC[C@]4(C)[C@H]3CC[C@@]21C. The summed E-state index contributed by atoms with van der Waals surface area (Å²) < 4.78 is 0. The van der Waals surface area contributed by atoms with Crippen molar-refractivity contribution in [3.63, 3.8) is 0 Å². The smallest absolute Gasteiger partial charge is 0.159 e. The van der Waals surface area contributed by atoms with E-state index in [2.05, 4.69) is 53.7 Å². The van der Waals surface area contributed by atoms with Gasteiger partial charge in [0, 0.05) is 12.0 Å². The third-order valence-electron chi connectivity index (χ3n) is 10.2. The molecule has 2 unspecified atom stereocenters. The van der Waals surface area contributed by atoms with Gasteiger partial charge >= 0.3 is 0 Å². The molecule has 0 aliphatic heterocycles. The number of hydrogen-bond acceptors (Lipinski definition) is 2. The normalized spacial score (nSPS) is 43.5. The van der Waals surface area contributed by atoms with Gasteiger partial charge in [-0.1, -0.05) is 59.3 Å². The van der Waals surface area contributed by atoms with Crippen molar-refractivity contribution in [2.45, 2.75) is 99.0 Å². The zero-order chi connectivity index (χ0) is 21.8. The first-order chi connectivity index (χ1) is 14.1. The Morgan fingerprint density at radius 3 is 2.47 bits per heavy atom. The van der Waals surface area contributed by atoms with E-state index in [0.29, 0.717) is 41.3 Å². The lowest BCUT2D eigenvalue weighted by atomic mass is 9.49. The molecule has 30 heavy (non-hydrogen) atoms. The van der Waals surface area contributed by atoms with Crippen LogP contribution in [0.25, 0.3) is 0 Å².